The van der Waals surface area contributed by atoms with E-state index >= 15 is 0 Å². The Morgan fingerprint density at radius 2 is 0.822 bits per heavy atom. The monoisotopic (exact) mass is 1310 g/mol. The Bertz CT molecular complexity index is 4010. The van der Waals surface area contributed by atoms with Gasteiger partial charge in [-0.05, 0) is 143 Å². The predicted molar refractivity (Wildman–Crippen MR) is 362 cm³/mol. The van der Waals surface area contributed by atoms with E-state index in [1.807, 2.05) is 133 Å². The van der Waals surface area contributed by atoms with E-state index in [0.717, 1.165) is 28.2 Å². The van der Waals surface area contributed by atoms with Crippen LogP contribution < -0.4 is 47.3 Å². The van der Waals surface area contributed by atoms with Gasteiger partial charge in [-0.25, -0.2) is 0 Å². The summed E-state index contributed by atoms with van der Waals surface area (Å²) < 4.78 is 55.4. The first-order valence-electron chi connectivity index (χ1n) is 29.6. The number of nitrogens with one attached hydrogen (secondary N) is 1. The van der Waals surface area contributed by atoms with Crippen molar-refractivity contribution < 1.29 is 57.0 Å². The fraction of sp³-hybridized carbons (Fsp3) is 0.382. The number of Topliss-reactive ketones (excluding diaryl/α,β-unsaturated/α-hetero) is 1. The molecule has 1 amide bonds. The average molecular weight is 1310 g/mol. The van der Waals surface area contributed by atoms with Crippen LogP contribution in [0.2, 0.25) is 0 Å². The molecule has 0 bridgehead atoms. The zero-order chi connectivity index (χ0) is 64.5. The molecule has 6 atom stereocenters. The summed E-state index contributed by atoms with van der Waals surface area (Å²) in [6.45, 7) is 15.6. The maximum Gasteiger partial charge on any atom is 0.259 e. The molecule has 18 nitrogen and oxygen atoms in total. The highest BCUT2D eigenvalue weighted by Gasteiger charge is 2.16. The molecule has 6 aromatic carbocycles. The summed E-state index contributed by atoms with van der Waals surface area (Å²) in [4.78, 5) is 74.1. The molecule has 9 aromatic rings. The fourth-order valence-corrected chi connectivity index (χ4v) is 12.2. The Morgan fingerprint density at radius 3 is 1.26 bits per heavy atom. The predicted octanol–water partition coefficient (Wildman–Crippen LogP) is 10.8. The molecule has 22 heteroatoms. The molecule has 0 spiro atoms. The van der Waals surface area contributed by atoms with Gasteiger partial charge in [-0.1, -0.05) is 43.3 Å². The first-order valence-corrected chi connectivity index (χ1v) is 32.4. The summed E-state index contributed by atoms with van der Waals surface area (Å²) >= 11 is 9.88. The van der Waals surface area contributed by atoms with Crippen molar-refractivity contribution in [3.63, 3.8) is 0 Å². The summed E-state index contributed by atoms with van der Waals surface area (Å²) in [5, 5.41) is 6.06. The largest absolute Gasteiger partial charge is 0.486 e. The number of hydrogen-bond donors (Lipinski definition) is 3. The van der Waals surface area contributed by atoms with Crippen LogP contribution in [-0.2, 0) is 42.8 Å². The number of amides is 1. The van der Waals surface area contributed by atoms with E-state index in [9.17, 15) is 28.8 Å². The van der Waals surface area contributed by atoms with Crippen molar-refractivity contribution in [2.75, 3.05) is 85.9 Å². The lowest BCUT2D eigenvalue weighted by atomic mass is 10.1. The number of carbonyl (C=O) groups is 3. The molecule has 3 aromatic heterocycles. The zero-order valence-corrected chi connectivity index (χ0v) is 54.6. The fourth-order valence-electron chi connectivity index (χ4n) is 9.03. The molecule has 0 aliphatic heterocycles. The first-order chi connectivity index (χ1) is 43.3. The van der Waals surface area contributed by atoms with Crippen molar-refractivity contribution >= 4 is 123 Å². The van der Waals surface area contributed by atoms with E-state index in [2.05, 4.69) is 5.32 Å². The number of nitrogens with two attached hydrogens (primary N) is 2. The lowest BCUT2D eigenvalue weighted by Gasteiger charge is -2.18. The van der Waals surface area contributed by atoms with Crippen LogP contribution in [0.4, 0.5) is 0 Å². The van der Waals surface area contributed by atoms with Crippen LogP contribution in [0, 0.1) is 5.92 Å². The van der Waals surface area contributed by atoms with E-state index in [1.165, 1.54) is 0 Å². The van der Waals surface area contributed by atoms with Crippen LogP contribution in [0.3, 0.4) is 0 Å². The van der Waals surface area contributed by atoms with E-state index in [0.29, 0.717) is 122 Å². The van der Waals surface area contributed by atoms with Crippen LogP contribution in [0.25, 0.3) is 60.5 Å². The maximum atomic E-state index is 13.0. The van der Waals surface area contributed by atoms with Gasteiger partial charge >= 0.3 is 0 Å². The minimum absolute atomic E-state index is 0.00133. The van der Waals surface area contributed by atoms with Gasteiger partial charge in [-0.3, -0.25) is 28.8 Å². The molecule has 6 unspecified atom stereocenters. The first kappa shape index (κ1) is 70.6. The van der Waals surface area contributed by atoms with Crippen LogP contribution in [0.15, 0.2) is 142 Å². The quantitative estimate of drug-likeness (QED) is 0.0201. The van der Waals surface area contributed by atoms with Crippen LogP contribution >= 0.6 is 45.6 Å². The van der Waals surface area contributed by atoms with Crippen molar-refractivity contribution in [2.24, 2.45) is 17.4 Å². The third-order valence-corrected chi connectivity index (χ3v) is 16.8. The van der Waals surface area contributed by atoms with Crippen LogP contribution in [0.5, 0.6) is 17.2 Å². The number of benzene rings is 6. The van der Waals surface area contributed by atoms with Crippen molar-refractivity contribution in [3.8, 4) is 17.2 Å². The van der Waals surface area contributed by atoms with Crippen LogP contribution in [-0.4, -0.2) is 133 Å². The maximum absolute atomic E-state index is 13.0. The van der Waals surface area contributed by atoms with E-state index in [4.69, 9.17) is 65.7 Å². The number of hydrogen-bond acceptors (Lipinski definition) is 20. The van der Waals surface area contributed by atoms with E-state index < -0.39 is 5.24 Å². The van der Waals surface area contributed by atoms with Gasteiger partial charge < -0.3 is 59.4 Å². The molecule has 3 heterocycles. The van der Waals surface area contributed by atoms with E-state index in [1.54, 1.807) is 70.4 Å². The van der Waals surface area contributed by atoms with Crippen molar-refractivity contribution in [2.45, 2.75) is 78.3 Å². The number of fused-ring (bicyclic) bond motifs is 6. The SMILES string of the molecule is CC(COCCOC(C)COCC(C)NC(=O)COc1ccc2sc3ccccc3c(=O)c2c1)CC(=O)COc1ccc2sc3ccccc3c(=O)c2c1.CC(N)COCCOC(C)COCC(C)N.O=C(Cl)COc1ccc2sc3ccccc3c(=O)c2c1. The minimum Gasteiger partial charge on any atom is -0.486 e. The minimum atomic E-state index is -0.575. The van der Waals surface area contributed by atoms with Gasteiger partial charge in [0.2, 0.25) is 0 Å². The van der Waals surface area contributed by atoms with Gasteiger partial charge in [0.15, 0.2) is 35.3 Å². The molecule has 90 heavy (non-hydrogen) atoms. The summed E-state index contributed by atoms with van der Waals surface area (Å²) in [5.41, 5.74) is 11.0. The second-order valence-corrected chi connectivity index (χ2v) is 25.5. The van der Waals surface area contributed by atoms with Gasteiger partial charge in [0.1, 0.15) is 23.9 Å². The molecular formula is C68H78ClN3O15S3. The highest BCUT2D eigenvalue weighted by atomic mass is 35.5. The van der Waals surface area contributed by atoms with E-state index in [-0.39, 0.29) is 84.0 Å². The molecule has 9 rings (SSSR count). The van der Waals surface area contributed by atoms with Gasteiger partial charge in [0, 0.05) is 91.7 Å². The Balaban J connectivity index is 0.000000259. The molecule has 0 aliphatic carbocycles. The third kappa shape index (κ3) is 22.5. The number of carbonyl (C=O) groups excluding carboxylic acids is 3. The molecule has 0 radical (unpaired) electrons. The molecule has 0 saturated heterocycles. The highest BCUT2D eigenvalue weighted by molar-refractivity contribution is 7.25. The molecular weight excluding hydrogens is 1230 g/mol. The Labute approximate surface area is 539 Å². The Kier molecular flexibility index (Phi) is 28.5. The molecule has 480 valence electrons. The Hall–Kier alpha value is -6.83. The molecule has 5 N–H and O–H groups in total. The van der Waals surface area contributed by atoms with Crippen molar-refractivity contribution in [3.05, 3.63) is 158 Å². The average Bonchev–Trinajstić information content (AvgIpc) is 1.30. The molecule has 0 aliphatic rings. The summed E-state index contributed by atoms with van der Waals surface area (Å²) in [5.74, 6) is 1.07. The number of rotatable bonds is 32. The number of ketones is 1. The second kappa shape index (κ2) is 36.3. The van der Waals surface area contributed by atoms with Gasteiger partial charge in [-0.15, -0.1) is 34.0 Å². The lowest BCUT2D eigenvalue weighted by molar-refractivity contribution is -0.124. The lowest BCUT2D eigenvalue weighted by Crippen LogP contribution is -2.39. The molecule has 0 fully saturated rings. The summed E-state index contributed by atoms with van der Waals surface area (Å²) in [6, 6.07) is 38.3. The van der Waals surface area contributed by atoms with Gasteiger partial charge in [0.05, 0.1) is 71.7 Å². The third-order valence-electron chi connectivity index (χ3n) is 13.2. The normalized spacial score (nSPS) is 13.4. The highest BCUT2D eigenvalue weighted by Crippen LogP contribution is 2.30. The summed E-state index contributed by atoms with van der Waals surface area (Å²) in [7, 11) is 0. The topological polar surface area (TPSA) is 250 Å². The standard InChI is InChI=1S/C42H43NO9S2.C15H9ClO3S.C11H26N2O3/c1-26(18-29(44)24-51-30-12-14-38-34(19-30)41(46)32-8-4-6-10-36(32)53-38)21-48-16-17-50-28(3)23-49-22-27(2)43-40(45)25-52-31-13-15-39-35(20-31)42(47)33-9-5-7-11-37(33)54-39;16-14(17)8-19-9-5-6-13-11(7-9)15(18)10-3-1-2-4-12(10)20-13;1-9(12)6-14-4-5-16-11(3)8-15-7-10(2)13/h4-15,19-20,26-28H,16-18,21-25H2,1-3H3,(H,43,45);1-7H,8H2;9-11H,4-8,12-13H2,1-3H3. The smallest absolute Gasteiger partial charge is 0.259 e. The van der Waals surface area contributed by atoms with Crippen molar-refractivity contribution in [1.29, 1.82) is 0 Å². The molecule has 0 saturated carbocycles. The number of halogens is 1. The van der Waals surface area contributed by atoms with Crippen LogP contribution in [0.1, 0.15) is 48.0 Å². The second-order valence-electron chi connectivity index (χ2n) is 21.8. The number of ether oxygens (including phenoxy) is 9. The summed E-state index contributed by atoms with van der Waals surface area (Å²) in [6.07, 6.45) is 0.195. The zero-order valence-electron chi connectivity index (χ0n) is 51.4. The Morgan fingerprint density at radius 1 is 0.444 bits per heavy atom. The van der Waals surface area contributed by atoms with Gasteiger partial charge in [-0.2, -0.15) is 0 Å². The van der Waals surface area contributed by atoms with Crippen molar-refractivity contribution in [1.82, 2.24) is 5.32 Å². The van der Waals surface area contributed by atoms with Gasteiger partial charge in [0.25, 0.3) is 11.1 Å².